The van der Waals surface area contributed by atoms with Crippen LogP contribution in [0.15, 0.2) is 97.3 Å². The number of rotatable bonds is 4. The summed E-state index contributed by atoms with van der Waals surface area (Å²) in [5.74, 6) is 1.44. The van der Waals surface area contributed by atoms with Gasteiger partial charge in [0.25, 0.3) is 0 Å². The molecule has 222 valence electrons. The molecule has 7 aromatic rings. The van der Waals surface area contributed by atoms with E-state index in [1.165, 1.54) is 22.3 Å². The first-order valence-corrected chi connectivity index (χ1v) is 15.1. The Morgan fingerprint density at radius 2 is 0.826 bits per heavy atom. The average Bonchev–Trinajstić information content (AvgIpc) is 3.10. The number of aromatic nitrogens is 4. The molecule has 0 radical (unpaired) electrons. The van der Waals surface area contributed by atoms with E-state index < -0.39 is 0 Å². The first kappa shape index (κ1) is 26.4. The first-order chi connectivity index (χ1) is 22.5. The highest BCUT2D eigenvalue weighted by molar-refractivity contribution is 5.90. The number of nitrogens with zero attached hydrogens (tertiary/aromatic N) is 4. The molecule has 2 atom stereocenters. The Hall–Kier alpha value is -6.02. The molecule has 5 aromatic carbocycles. The standard InChI is InChI=1S/C38H28N6O2/c1-45-21-7-3-19(4-8-21)37-38(20-5-9-22(46-2)10-6-20)44-34-18-28-27(17-33(34)43-37)35-23-13-29(39)30(40)14-24(23)36(28)26-16-32-31(15-25(26)35)41-11-12-42-32/h3-18,35-36H,39-40H2,1-2H3. The third-order valence-electron chi connectivity index (χ3n) is 9.42. The Morgan fingerprint density at radius 3 is 1.20 bits per heavy atom. The largest absolute Gasteiger partial charge is 0.497 e. The van der Waals surface area contributed by atoms with Gasteiger partial charge in [0.05, 0.1) is 59.0 Å². The smallest absolute Gasteiger partial charge is 0.118 e. The van der Waals surface area contributed by atoms with Crippen molar-refractivity contribution in [2.75, 3.05) is 25.7 Å². The minimum absolute atomic E-state index is 0.0591. The summed E-state index contributed by atoms with van der Waals surface area (Å²) in [7, 11) is 3.33. The van der Waals surface area contributed by atoms with Crippen molar-refractivity contribution in [3.05, 3.63) is 131 Å². The normalized spacial score (nSPS) is 15.8. The molecule has 2 heterocycles. The maximum Gasteiger partial charge on any atom is 0.118 e. The molecule has 2 bridgehead atoms. The number of methoxy groups -OCH3 is 2. The van der Waals surface area contributed by atoms with Gasteiger partial charge in [-0.15, -0.1) is 0 Å². The average molecular weight is 601 g/mol. The number of anilines is 2. The van der Waals surface area contributed by atoms with E-state index in [-0.39, 0.29) is 11.8 Å². The van der Waals surface area contributed by atoms with E-state index in [1.54, 1.807) is 26.6 Å². The quantitative estimate of drug-likeness (QED) is 0.206. The molecule has 8 heteroatoms. The van der Waals surface area contributed by atoms with Crippen LogP contribution >= 0.6 is 0 Å². The van der Waals surface area contributed by atoms with Crippen LogP contribution in [0.1, 0.15) is 45.2 Å². The number of nitrogen functional groups attached to an aromatic ring is 2. The van der Waals surface area contributed by atoms with Crippen molar-refractivity contribution in [2.24, 2.45) is 0 Å². The second-order valence-electron chi connectivity index (χ2n) is 11.8. The van der Waals surface area contributed by atoms with Gasteiger partial charge >= 0.3 is 0 Å². The third-order valence-corrected chi connectivity index (χ3v) is 9.42. The minimum atomic E-state index is -0.0591. The summed E-state index contributed by atoms with van der Waals surface area (Å²) in [5, 5.41) is 0. The molecule has 0 fully saturated rings. The molecule has 0 saturated carbocycles. The molecule has 10 rings (SSSR count). The second-order valence-corrected chi connectivity index (χ2v) is 11.8. The monoisotopic (exact) mass is 600 g/mol. The van der Waals surface area contributed by atoms with Gasteiger partial charge in [-0.3, -0.25) is 9.97 Å². The van der Waals surface area contributed by atoms with Crippen LogP contribution in [0.5, 0.6) is 11.5 Å². The Labute approximate surface area is 264 Å². The van der Waals surface area contributed by atoms with Crippen LogP contribution in [0.2, 0.25) is 0 Å². The van der Waals surface area contributed by atoms with Gasteiger partial charge in [-0.05, 0) is 118 Å². The molecule has 3 aliphatic rings. The lowest BCUT2D eigenvalue weighted by atomic mass is 9.60. The Balaban J connectivity index is 1.31. The summed E-state index contributed by atoms with van der Waals surface area (Å²) in [6.07, 6.45) is 3.47. The van der Waals surface area contributed by atoms with Gasteiger partial charge in [0.15, 0.2) is 0 Å². The van der Waals surface area contributed by atoms with Crippen LogP contribution < -0.4 is 20.9 Å². The highest BCUT2D eigenvalue weighted by Gasteiger charge is 2.42. The third kappa shape index (κ3) is 3.80. The topological polar surface area (TPSA) is 122 Å². The molecule has 46 heavy (non-hydrogen) atoms. The maximum absolute atomic E-state index is 6.41. The summed E-state index contributed by atoms with van der Waals surface area (Å²) in [5.41, 5.74) is 28.0. The van der Waals surface area contributed by atoms with Crippen LogP contribution in [0.3, 0.4) is 0 Å². The number of hydrogen-bond acceptors (Lipinski definition) is 8. The van der Waals surface area contributed by atoms with Crippen molar-refractivity contribution in [2.45, 2.75) is 11.8 Å². The lowest BCUT2D eigenvalue weighted by Crippen LogP contribution is -2.28. The minimum Gasteiger partial charge on any atom is -0.497 e. The first-order valence-electron chi connectivity index (χ1n) is 15.1. The lowest BCUT2D eigenvalue weighted by Gasteiger charge is -2.42. The van der Waals surface area contributed by atoms with Gasteiger partial charge in [0.1, 0.15) is 11.5 Å². The van der Waals surface area contributed by atoms with Crippen molar-refractivity contribution in [1.82, 2.24) is 19.9 Å². The van der Waals surface area contributed by atoms with Gasteiger partial charge in [-0.1, -0.05) is 0 Å². The molecular weight excluding hydrogens is 572 g/mol. The fourth-order valence-electron chi connectivity index (χ4n) is 7.25. The summed E-state index contributed by atoms with van der Waals surface area (Å²) in [4.78, 5) is 19.9. The molecule has 2 aromatic heterocycles. The number of benzene rings is 5. The lowest BCUT2D eigenvalue weighted by molar-refractivity contribution is 0.414. The van der Waals surface area contributed by atoms with Crippen molar-refractivity contribution in [3.63, 3.8) is 0 Å². The Morgan fingerprint density at radius 1 is 0.478 bits per heavy atom. The molecule has 3 aliphatic carbocycles. The van der Waals surface area contributed by atoms with Crippen LogP contribution in [-0.2, 0) is 0 Å². The summed E-state index contributed by atoms with van der Waals surface area (Å²) in [6.45, 7) is 0. The van der Waals surface area contributed by atoms with Crippen molar-refractivity contribution >= 4 is 33.4 Å². The van der Waals surface area contributed by atoms with Gasteiger partial charge in [0.2, 0.25) is 0 Å². The van der Waals surface area contributed by atoms with Crippen LogP contribution in [0.4, 0.5) is 11.4 Å². The van der Waals surface area contributed by atoms with E-state index in [0.717, 1.165) is 67.2 Å². The zero-order valence-corrected chi connectivity index (χ0v) is 25.2. The molecule has 2 unspecified atom stereocenters. The van der Waals surface area contributed by atoms with E-state index in [1.807, 2.05) is 60.7 Å². The predicted molar refractivity (Wildman–Crippen MR) is 180 cm³/mol. The van der Waals surface area contributed by atoms with E-state index in [9.17, 15) is 0 Å². The zero-order chi connectivity index (χ0) is 31.1. The van der Waals surface area contributed by atoms with Crippen molar-refractivity contribution < 1.29 is 9.47 Å². The molecule has 0 saturated heterocycles. The highest BCUT2D eigenvalue weighted by Crippen LogP contribution is 2.57. The summed E-state index contributed by atoms with van der Waals surface area (Å²) >= 11 is 0. The number of fused-ring (bicyclic) bond motifs is 2. The molecule has 0 spiro atoms. The summed E-state index contributed by atoms with van der Waals surface area (Å²) in [6, 6.07) is 28.7. The summed E-state index contributed by atoms with van der Waals surface area (Å²) < 4.78 is 10.9. The number of nitrogens with two attached hydrogens (primary N) is 2. The van der Waals surface area contributed by atoms with Crippen molar-refractivity contribution in [1.29, 1.82) is 0 Å². The fraction of sp³-hybridized carbons (Fsp3) is 0.105. The molecule has 0 amide bonds. The molecule has 4 N–H and O–H groups in total. The maximum atomic E-state index is 6.41. The van der Waals surface area contributed by atoms with Crippen molar-refractivity contribution in [3.8, 4) is 34.0 Å². The van der Waals surface area contributed by atoms with E-state index in [0.29, 0.717) is 11.4 Å². The number of ether oxygens (including phenoxy) is 2. The highest BCUT2D eigenvalue weighted by atomic mass is 16.5. The SMILES string of the molecule is COc1ccc(-c2nc3cc4c(cc3nc2-c2ccc(OC)cc2)C2c3cc(N)c(N)cc3C4c3cc4nccnc4cc32)cc1. The fourth-order valence-corrected chi connectivity index (χ4v) is 7.25. The van der Waals surface area contributed by atoms with Gasteiger partial charge in [-0.2, -0.15) is 0 Å². The van der Waals surface area contributed by atoms with Crippen LogP contribution in [0.25, 0.3) is 44.6 Å². The predicted octanol–water partition coefficient (Wildman–Crippen LogP) is 7.08. The van der Waals surface area contributed by atoms with Crippen LogP contribution in [-0.4, -0.2) is 34.2 Å². The van der Waals surface area contributed by atoms with Crippen LogP contribution in [0, 0.1) is 0 Å². The molecular formula is C38H28N6O2. The van der Waals surface area contributed by atoms with Gasteiger partial charge in [0, 0.05) is 35.4 Å². The molecule has 8 nitrogen and oxygen atoms in total. The second kappa shape index (κ2) is 9.74. The Bertz CT molecular complexity index is 2210. The molecule has 0 aliphatic heterocycles. The van der Waals surface area contributed by atoms with Gasteiger partial charge in [-0.25, -0.2) is 9.97 Å². The number of hydrogen-bond donors (Lipinski definition) is 2. The van der Waals surface area contributed by atoms with E-state index in [2.05, 4.69) is 34.2 Å². The van der Waals surface area contributed by atoms with E-state index >= 15 is 0 Å². The zero-order valence-electron chi connectivity index (χ0n) is 25.2. The Kier molecular flexibility index (Phi) is 5.59. The van der Waals surface area contributed by atoms with E-state index in [4.69, 9.17) is 30.9 Å². The van der Waals surface area contributed by atoms with Gasteiger partial charge < -0.3 is 20.9 Å².